The van der Waals surface area contributed by atoms with E-state index >= 15 is 0 Å². The number of piperidine rings is 1. The predicted octanol–water partition coefficient (Wildman–Crippen LogP) is -0.238. The fraction of sp³-hybridized carbons (Fsp3) is 1.00. The lowest BCUT2D eigenvalue weighted by molar-refractivity contribution is 0.175. The molecule has 2 atom stereocenters. The van der Waals surface area contributed by atoms with Crippen molar-refractivity contribution in [1.82, 2.24) is 13.9 Å². The Morgan fingerprint density at radius 2 is 2.16 bits per heavy atom. The summed E-state index contributed by atoms with van der Waals surface area (Å²) in [6, 6.07) is 0.616. The van der Waals surface area contributed by atoms with E-state index in [9.17, 15) is 8.42 Å². The van der Waals surface area contributed by atoms with E-state index < -0.39 is 10.2 Å². The summed E-state index contributed by atoms with van der Waals surface area (Å²) in [4.78, 5) is 2.47. The van der Waals surface area contributed by atoms with Gasteiger partial charge in [-0.2, -0.15) is 17.4 Å². The Kier molecular flexibility index (Phi) is 5.19. The molecule has 0 bridgehead atoms. The Morgan fingerprint density at radius 1 is 1.37 bits per heavy atom. The Balaban J connectivity index is 1.86. The second kappa shape index (κ2) is 6.49. The molecule has 0 aromatic carbocycles. The number of fused-ring (bicyclic) bond motifs is 1. The van der Waals surface area contributed by atoms with Crippen molar-refractivity contribution < 1.29 is 13.5 Å². The molecule has 0 aromatic rings. The summed E-state index contributed by atoms with van der Waals surface area (Å²) in [6.07, 6.45) is 4.72. The van der Waals surface area contributed by atoms with E-state index in [-0.39, 0.29) is 12.6 Å². The molecule has 2 unspecified atom stereocenters. The van der Waals surface area contributed by atoms with Crippen molar-refractivity contribution in [2.75, 3.05) is 33.3 Å². The summed E-state index contributed by atoms with van der Waals surface area (Å²) in [5.41, 5.74) is 0. The van der Waals surface area contributed by atoms with Gasteiger partial charge in [0.25, 0.3) is 10.2 Å². The zero-order chi connectivity index (χ0) is 13.9. The minimum Gasteiger partial charge on any atom is -0.396 e. The quantitative estimate of drug-likeness (QED) is 0.708. The molecule has 2 saturated heterocycles. The summed E-state index contributed by atoms with van der Waals surface area (Å²) >= 11 is 0. The highest BCUT2D eigenvalue weighted by atomic mass is 32.2. The van der Waals surface area contributed by atoms with Gasteiger partial charge >= 0.3 is 0 Å². The molecule has 0 aliphatic carbocycles. The standard InChI is InChI=1S/C12H25N3O3S/c1-14(6-3-9-16)19(17,18)13-11-5-8-15-7-2-4-12(15)10-11/h11-13,16H,2-10H2,1H3. The molecule has 0 amide bonds. The van der Waals surface area contributed by atoms with Gasteiger partial charge in [0.05, 0.1) is 0 Å². The fourth-order valence-corrected chi connectivity index (χ4v) is 4.23. The van der Waals surface area contributed by atoms with Crippen LogP contribution in [0.25, 0.3) is 0 Å². The van der Waals surface area contributed by atoms with E-state index in [0.717, 1.165) is 19.4 Å². The number of nitrogens with zero attached hydrogens (tertiary/aromatic N) is 2. The average Bonchev–Trinajstić information content (AvgIpc) is 2.82. The fourth-order valence-electron chi connectivity index (χ4n) is 3.05. The highest BCUT2D eigenvalue weighted by molar-refractivity contribution is 7.87. The summed E-state index contributed by atoms with van der Waals surface area (Å²) < 4.78 is 28.3. The van der Waals surface area contributed by atoms with Crippen LogP contribution in [0.15, 0.2) is 0 Å². The van der Waals surface area contributed by atoms with Gasteiger partial charge in [-0.05, 0) is 45.2 Å². The van der Waals surface area contributed by atoms with E-state index in [1.807, 2.05) is 0 Å². The van der Waals surface area contributed by atoms with Gasteiger partial charge in [-0.25, -0.2) is 0 Å². The smallest absolute Gasteiger partial charge is 0.279 e. The van der Waals surface area contributed by atoms with Crippen LogP contribution in [-0.2, 0) is 10.2 Å². The molecule has 2 rings (SSSR count). The summed E-state index contributed by atoms with van der Waals surface area (Å²) in [6.45, 7) is 2.53. The maximum Gasteiger partial charge on any atom is 0.279 e. The van der Waals surface area contributed by atoms with Crippen molar-refractivity contribution in [2.45, 2.75) is 44.2 Å². The van der Waals surface area contributed by atoms with E-state index in [4.69, 9.17) is 5.11 Å². The topological polar surface area (TPSA) is 72.9 Å². The van der Waals surface area contributed by atoms with Crippen molar-refractivity contribution in [3.63, 3.8) is 0 Å². The van der Waals surface area contributed by atoms with Crippen LogP contribution in [0.5, 0.6) is 0 Å². The van der Waals surface area contributed by atoms with Gasteiger partial charge in [-0.15, -0.1) is 0 Å². The highest BCUT2D eigenvalue weighted by Crippen LogP contribution is 2.27. The van der Waals surface area contributed by atoms with Crippen molar-refractivity contribution in [3.8, 4) is 0 Å². The molecule has 2 fully saturated rings. The van der Waals surface area contributed by atoms with Crippen molar-refractivity contribution >= 4 is 10.2 Å². The minimum atomic E-state index is -3.41. The first-order valence-corrected chi connectivity index (χ1v) is 8.55. The molecule has 2 aliphatic heterocycles. The minimum absolute atomic E-state index is 0.0142. The molecule has 2 N–H and O–H groups in total. The SMILES string of the molecule is CN(CCCO)S(=O)(=O)NC1CCN2CCCC2C1. The Labute approximate surface area is 116 Å². The Hall–Kier alpha value is -0.210. The Morgan fingerprint density at radius 3 is 2.89 bits per heavy atom. The molecule has 112 valence electrons. The van der Waals surface area contributed by atoms with Gasteiger partial charge in [-0.1, -0.05) is 0 Å². The zero-order valence-electron chi connectivity index (χ0n) is 11.6. The first-order chi connectivity index (χ1) is 9.03. The average molecular weight is 291 g/mol. The second-order valence-corrected chi connectivity index (χ2v) is 7.38. The van der Waals surface area contributed by atoms with Gasteiger partial charge < -0.3 is 10.0 Å². The van der Waals surface area contributed by atoms with Crippen LogP contribution in [0, 0.1) is 0 Å². The second-order valence-electron chi connectivity index (χ2n) is 5.57. The lowest BCUT2D eigenvalue weighted by atomic mass is 9.99. The number of hydrogen-bond acceptors (Lipinski definition) is 4. The number of aliphatic hydroxyl groups is 1. The third kappa shape index (κ3) is 3.88. The summed E-state index contributed by atoms with van der Waals surface area (Å²) in [7, 11) is -1.85. The Bertz CT molecular complexity index is 388. The van der Waals surface area contributed by atoms with E-state index in [1.165, 1.54) is 23.7 Å². The van der Waals surface area contributed by atoms with Gasteiger partial charge in [0.1, 0.15) is 0 Å². The molecular formula is C12H25N3O3S. The van der Waals surface area contributed by atoms with Crippen molar-refractivity contribution in [2.24, 2.45) is 0 Å². The number of nitrogens with one attached hydrogen (secondary N) is 1. The van der Waals surface area contributed by atoms with Crippen LogP contribution < -0.4 is 4.72 Å². The monoisotopic (exact) mass is 291 g/mol. The van der Waals surface area contributed by atoms with Crippen molar-refractivity contribution in [1.29, 1.82) is 0 Å². The van der Waals surface area contributed by atoms with E-state index in [2.05, 4.69) is 9.62 Å². The maximum atomic E-state index is 12.1. The zero-order valence-corrected chi connectivity index (χ0v) is 12.4. The molecule has 7 heteroatoms. The van der Waals surface area contributed by atoms with Crippen LogP contribution in [0.4, 0.5) is 0 Å². The van der Waals surface area contributed by atoms with Crippen LogP contribution in [0.1, 0.15) is 32.1 Å². The van der Waals surface area contributed by atoms with Crippen LogP contribution >= 0.6 is 0 Å². The van der Waals surface area contributed by atoms with Gasteiger partial charge in [0, 0.05) is 32.3 Å². The molecule has 2 aliphatic rings. The first-order valence-electron chi connectivity index (χ1n) is 7.11. The third-order valence-electron chi connectivity index (χ3n) is 4.18. The molecule has 19 heavy (non-hydrogen) atoms. The molecule has 0 aromatic heterocycles. The van der Waals surface area contributed by atoms with Crippen molar-refractivity contribution in [3.05, 3.63) is 0 Å². The molecule has 0 radical (unpaired) electrons. The molecule has 0 saturated carbocycles. The lowest BCUT2D eigenvalue weighted by Gasteiger charge is -2.35. The van der Waals surface area contributed by atoms with Crippen LogP contribution in [0.3, 0.4) is 0 Å². The highest BCUT2D eigenvalue weighted by Gasteiger charge is 2.33. The summed E-state index contributed by atoms with van der Waals surface area (Å²) in [5.74, 6) is 0. The molecule has 0 spiro atoms. The summed E-state index contributed by atoms with van der Waals surface area (Å²) in [5, 5.41) is 8.76. The molecule has 6 nitrogen and oxygen atoms in total. The molecular weight excluding hydrogens is 266 g/mol. The van der Waals surface area contributed by atoms with Crippen LogP contribution in [-0.4, -0.2) is 68.1 Å². The predicted molar refractivity (Wildman–Crippen MR) is 74.0 cm³/mol. The first kappa shape index (κ1) is 15.2. The normalized spacial score (nSPS) is 28.8. The van der Waals surface area contributed by atoms with E-state index in [0.29, 0.717) is 19.0 Å². The van der Waals surface area contributed by atoms with Gasteiger partial charge in [0.15, 0.2) is 0 Å². The van der Waals surface area contributed by atoms with Gasteiger partial charge in [0.2, 0.25) is 0 Å². The number of aliphatic hydroxyl groups excluding tert-OH is 1. The van der Waals surface area contributed by atoms with Crippen LogP contribution in [0.2, 0.25) is 0 Å². The maximum absolute atomic E-state index is 12.1. The van der Waals surface area contributed by atoms with Gasteiger partial charge in [-0.3, -0.25) is 0 Å². The largest absolute Gasteiger partial charge is 0.396 e. The number of rotatable bonds is 6. The lowest BCUT2D eigenvalue weighted by Crippen LogP contribution is -2.50. The number of hydrogen-bond donors (Lipinski definition) is 2. The van der Waals surface area contributed by atoms with E-state index in [1.54, 1.807) is 7.05 Å². The molecule has 2 heterocycles. The third-order valence-corrected chi connectivity index (χ3v) is 5.81.